The number of nitrogens with one attached hydrogen (secondary N) is 2. The standard InChI is InChI=1S/C18H26N4OS/c1-10-4-5-13-14(8-10)24-18-15(13)17(23)20-16(21-18)12(3)22-7-6-19-9-11(22)2/h10-12,19H,4-9H2,1-3H3,(H,20,21,23)/t10?,11-,12?/m1/s1. The first kappa shape index (κ1) is 16.2. The molecule has 1 aliphatic heterocycles. The maximum absolute atomic E-state index is 12.8. The highest BCUT2D eigenvalue weighted by atomic mass is 32.1. The van der Waals surface area contributed by atoms with Gasteiger partial charge in [0.15, 0.2) is 0 Å². The fraction of sp³-hybridized carbons (Fsp3) is 0.667. The lowest BCUT2D eigenvalue weighted by atomic mass is 9.89. The molecule has 2 N–H and O–H groups in total. The summed E-state index contributed by atoms with van der Waals surface area (Å²) in [5.41, 5.74) is 1.31. The molecule has 0 bridgehead atoms. The summed E-state index contributed by atoms with van der Waals surface area (Å²) < 4.78 is 0. The zero-order valence-corrected chi connectivity index (χ0v) is 15.5. The number of aromatic nitrogens is 2. The van der Waals surface area contributed by atoms with E-state index in [4.69, 9.17) is 4.98 Å². The lowest BCUT2D eigenvalue weighted by Gasteiger charge is -2.37. The molecule has 0 saturated carbocycles. The van der Waals surface area contributed by atoms with Crippen molar-refractivity contribution >= 4 is 21.6 Å². The first-order valence-electron chi connectivity index (χ1n) is 9.05. The maximum atomic E-state index is 12.8. The van der Waals surface area contributed by atoms with Crippen molar-refractivity contribution in [3.05, 3.63) is 26.6 Å². The van der Waals surface area contributed by atoms with Crippen molar-refractivity contribution in [3.63, 3.8) is 0 Å². The summed E-state index contributed by atoms with van der Waals surface area (Å²) in [7, 11) is 0. The molecule has 0 radical (unpaired) electrons. The van der Waals surface area contributed by atoms with Crippen molar-refractivity contribution in [1.82, 2.24) is 20.2 Å². The van der Waals surface area contributed by atoms with Gasteiger partial charge in [0, 0.05) is 30.6 Å². The van der Waals surface area contributed by atoms with Gasteiger partial charge in [0.2, 0.25) is 0 Å². The van der Waals surface area contributed by atoms with Gasteiger partial charge in [-0.15, -0.1) is 11.3 Å². The predicted molar refractivity (Wildman–Crippen MR) is 98.9 cm³/mol. The van der Waals surface area contributed by atoms with Crippen molar-refractivity contribution < 1.29 is 0 Å². The van der Waals surface area contributed by atoms with Crippen LogP contribution >= 0.6 is 11.3 Å². The SMILES string of the molecule is CC1CCc2c(sc3nc(C(C)N4CCNC[C@H]4C)[nH]c(=O)c23)C1. The number of aromatic amines is 1. The summed E-state index contributed by atoms with van der Waals surface area (Å²) in [6.45, 7) is 9.65. The molecule has 5 nitrogen and oxygen atoms in total. The normalized spacial score (nSPS) is 26.5. The van der Waals surface area contributed by atoms with Crippen LogP contribution in [0.4, 0.5) is 0 Å². The second-order valence-corrected chi connectivity index (χ2v) is 8.53. The molecule has 0 amide bonds. The van der Waals surface area contributed by atoms with Crippen LogP contribution in [-0.2, 0) is 12.8 Å². The van der Waals surface area contributed by atoms with E-state index in [9.17, 15) is 4.79 Å². The van der Waals surface area contributed by atoms with E-state index in [-0.39, 0.29) is 11.6 Å². The number of piperazine rings is 1. The highest BCUT2D eigenvalue weighted by Gasteiger charge is 2.27. The average molecular weight is 347 g/mol. The Labute approximate surface area is 146 Å². The molecule has 0 aromatic carbocycles. The van der Waals surface area contributed by atoms with E-state index in [1.807, 2.05) is 0 Å². The number of thiophene rings is 1. The molecular formula is C18H26N4OS. The molecule has 0 spiro atoms. The van der Waals surface area contributed by atoms with Crippen molar-refractivity contribution in [2.24, 2.45) is 5.92 Å². The van der Waals surface area contributed by atoms with Gasteiger partial charge in [0.05, 0.1) is 11.4 Å². The number of H-pyrrole nitrogens is 1. The first-order chi connectivity index (χ1) is 11.5. The Morgan fingerprint density at radius 3 is 3.00 bits per heavy atom. The number of nitrogens with zero attached hydrogens (tertiary/aromatic N) is 2. The molecule has 6 heteroatoms. The minimum Gasteiger partial charge on any atom is -0.314 e. The largest absolute Gasteiger partial charge is 0.314 e. The van der Waals surface area contributed by atoms with Gasteiger partial charge >= 0.3 is 0 Å². The topological polar surface area (TPSA) is 61.0 Å². The molecule has 2 aliphatic rings. The third-order valence-corrected chi connectivity index (χ3v) is 6.78. The molecule has 2 unspecified atom stereocenters. The summed E-state index contributed by atoms with van der Waals surface area (Å²) >= 11 is 1.73. The van der Waals surface area contributed by atoms with Crippen LogP contribution < -0.4 is 10.9 Å². The number of hydrogen-bond acceptors (Lipinski definition) is 5. The van der Waals surface area contributed by atoms with E-state index in [1.54, 1.807) is 11.3 Å². The van der Waals surface area contributed by atoms with Crippen LogP contribution in [0.2, 0.25) is 0 Å². The van der Waals surface area contributed by atoms with Crippen molar-refractivity contribution in [3.8, 4) is 0 Å². The Morgan fingerprint density at radius 1 is 1.38 bits per heavy atom. The summed E-state index contributed by atoms with van der Waals surface area (Å²) in [6, 6.07) is 0.587. The van der Waals surface area contributed by atoms with Gasteiger partial charge in [0.25, 0.3) is 5.56 Å². The Hall–Kier alpha value is -1.24. The molecule has 1 saturated heterocycles. The summed E-state index contributed by atoms with van der Waals surface area (Å²) in [4.78, 5) is 25.5. The molecule has 2 aromatic rings. The van der Waals surface area contributed by atoms with E-state index in [0.717, 1.165) is 48.5 Å². The molecule has 1 fully saturated rings. The van der Waals surface area contributed by atoms with Crippen molar-refractivity contribution in [2.45, 2.75) is 52.1 Å². The monoisotopic (exact) mass is 346 g/mol. The van der Waals surface area contributed by atoms with E-state index in [1.165, 1.54) is 16.9 Å². The molecule has 4 rings (SSSR count). The molecule has 130 valence electrons. The second kappa shape index (κ2) is 6.24. The van der Waals surface area contributed by atoms with E-state index in [2.05, 4.69) is 36.0 Å². The number of rotatable bonds is 2. The van der Waals surface area contributed by atoms with Crippen LogP contribution in [0.15, 0.2) is 4.79 Å². The zero-order valence-electron chi connectivity index (χ0n) is 14.7. The van der Waals surface area contributed by atoms with Gasteiger partial charge in [-0.2, -0.15) is 0 Å². The maximum Gasteiger partial charge on any atom is 0.259 e. The van der Waals surface area contributed by atoms with E-state index in [0.29, 0.717) is 12.0 Å². The second-order valence-electron chi connectivity index (χ2n) is 7.45. The molecule has 2 aromatic heterocycles. The smallest absolute Gasteiger partial charge is 0.259 e. The molecule has 3 atom stereocenters. The van der Waals surface area contributed by atoms with Gasteiger partial charge in [-0.25, -0.2) is 4.98 Å². The third kappa shape index (κ3) is 2.70. The van der Waals surface area contributed by atoms with Gasteiger partial charge in [-0.1, -0.05) is 6.92 Å². The number of hydrogen-bond donors (Lipinski definition) is 2. The summed E-state index contributed by atoms with van der Waals surface area (Å²) in [6.07, 6.45) is 3.29. The van der Waals surface area contributed by atoms with Crippen LogP contribution in [0.25, 0.3) is 10.2 Å². The third-order valence-electron chi connectivity index (χ3n) is 5.63. The van der Waals surface area contributed by atoms with E-state index >= 15 is 0 Å². The number of fused-ring (bicyclic) bond motifs is 3. The van der Waals surface area contributed by atoms with Crippen LogP contribution in [0.3, 0.4) is 0 Å². The zero-order chi connectivity index (χ0) is 16.8. The van der Waals surface area contributed by atoms with Crippen molar-refractivity contribution in [1.29, 1.82) is 0 Å². The Balaban J connectivity index is 1.74. The van der Waals surface area contributed by atoms with E-state index < -0.39 is 0 Å². The molecule has 24 heavy (non-hydrogen) atoms. The fourth-order valence-electron chi connectivity index (χ4n) is 4.15. The lowest BCUT2D eigenvalue weighted by Crippen LogP contribution is -2.50. The molecule has 3 heterocycles. The Morgan fingerprint density at radius 2 is 2.21 bits per heavy atom. The molecule has 1 aliphatic carbocycles. The van der Waals surface area contributed by atoms with Crippen LogP contribution in [-0.4, -0.2) is 40.5 Å². The highest BCUT2D eigenvalue weighted by Crippen LogP contribution is 2.36. The minimum atomic E-state index is 0.0525. The van der Waals surface area contributed by atoms with Crippen molar-refractivity contribution in [2.75, 3.05) is 19.6 Å². The highest BCUT2D eigenvalue weighted by molar-refractivity contribution is 7.18. The van der Waals surface area contributed by atoms with Crippen LogP contribution in [0, 0.1) is 5.92 Å². The summed E-state index contributed by atoms with van der Waals surface area (Å²) in [5, 5.41) is 4.27. The van der Waals surface area contributed by atoms with Crippen LogP contribution in [0.5, 0.6) is 0 Å². The Bertz CT molecular complexity index is 811. The number of aryl methyl sites for hydroxylation is 1. The van der Waals surface area contributed by atoms with Gasteiger partial charge < -0.3 is 10.3 Å². The average Bonchev–Trinajstić information content (AvgIpc) is 2.92. The predicted octanol–water partition coefficient (Wildman–Crippen LogP) is 2.46. The van der Waals surface area contributed by atoms with Gasteiger partial charge in [-0.3, -0.25) is 9.69 Å². The van der Waals surface area contributed by atoms with Gasteiger partial charge in [-0.05, 0) is 44.6 Å². The Kier molecular flexibility index (Phi) is 4.22. The molecular weight excluding hydrogens is 320 g/mol. The lowest BCUT2D eigenvalue weighted by molar-refractivity contribution is 0.121. The minimum absolute atomic E-state index is 0.0525. The summed E-state index contributed by atoms with van der Waals surface area (Å²) in [5.74, 6) is 1.53. The first-order valence-corrected chi connectivity index (χ1v) is 9.87. The quantitative estimate of drug-likeness (QED) is 0.877. The van der Waals surface area contributed by atoms with Gasteiger partial charge in [0.1, 0.15) is 10.7 Å². The van der Waals surface area contributed by atoms with Crippen LogP contribution in [0.1, 0.15) is 49.5 Å². The fourth-order valence-corrected chi connectivity index (χ4v) is 5.54.